The highest BCUT2D eigenvalue weighted by molar-refractivity contribution is 7.89. The van der Waals surface area contributed by atoms with Crippen LogP contribution in [0.15, 0.2) is 53.4 Å². The minimum absolute atomic E-state index is 0.0857. The fourth-order valence-corrected chi connectivity index (χ4v) is 7.56. The largest absolute Gasteiger partial charge is 0.369 e. The Hall–Kier alpha value is -2.45. The SMILES string of the molecule is C[C@H](NC(=O)c1cccc(S(=O)(=O)N2CCN(c3ccc(F)cc3)CC2)c1)[C@@H]1C[C@H]2CC[C@H]1C2. The molecule has 1 aliphatic heterocycles. The molecule has 5 rings (SSSR count). The number of halogens is 1. The van der Waals surface area contributed by atoms with Gasteiger partial charge in [-0.15, -0.1) is 0 Å². The van der Waals surface area contributed by atoms with E-state index in [0.717, 1.165) is 11.6 Å². The van der Waals surface area contributed by atoms with Gasteiger partial charge in [0.05, 0.1) is 4.90 Å². The fraction of sp³-hybridized carbons (Fsp3) is 0.500. The summed E-state index contributed by atoms with van der Waals surface area (Å²) in [5.74, 6) is 1.53. The summed E-state index contributed by atoms with van der Waals surface area (Å²) in [6.07, 6.45) is 5.05. The zero-order valence-electron chi connectivity index (χ0n) is 19.5. The molecule has 1 N–H and O–H groups in total. The average Bonchev–Trinajstić information content (AvgIpc) is 3.49. The molecule has 2 aromatic rings. The first-order valence-corrected chi connectivity index (χ1v) is 13.7. The van der Waals surface area contributed by atoms with E-state index in [1.54, 1.807) is 30.3 Å². The van der Waals surface area contributed by atoms with Gasteiger partial charge >= 0.3 is 0 Å². The number of hydrogen-bond acceptors (Lipinski definition) is 4. The van der Waals surface area contributed by atoms with Crippen molar-refractivity contribution < 1.29 is 17.6 Å². The topological polar surface area (TPSA) is 69.7 Å². The highest BCUT2D eigenvalue weighted by Crippen LogP contribution is 2.49. The number of amides is 1. The maximum atomic E-state index is 13.3. The lowest BCUT2D eigenvalue weighted by atomic mass is 9.84. The van der Waals surface area contributed by atoms with Gasteiger partial charge in [0.1, 0.15) is 5.82 Å². The molecule has 2 aromatic carbocycles. The van der Waals surface area contributed by atoms with E-state index in [1.807, 2.05) is 4.90 Å². The lowest BCUT2D eigenvalue weighted by Crippen LogP contribution is -2.48. The number of rotatable bonds is 6. The van der Waals surface area contributed by atoms with Gasteiger partial charge in [0.25, 0.3) is 5.91 Å². The number of nitrogens with one attached hydrogen (secondary N) is 1. The summed E-state index contributed by atoms with van der Waals surface area (Å²) in [6, 6.07) is 12.7. The van der Waals surface area contributed by atoms with E-state index in [9.17, 15) is 17.6 Å². The van der Waals surface area contributed by atoms with Crippen LogP contribution in [0, 0.1) is 23.6 Å². The molecule has 1 saturated heterocycles. The molecule has 0 unspecified atom stereocenters. The van der Waals surface area contributed by atoms with Crippen LogP contribution in [0.3, 0.4) is 0 Å². The summed E-state index contributed by atoms with van der Waals surface area (Å²) in [6.45, 7) is 3.78. The Labute approximate surface area is 201 Å². The number of hydrogen-bond donors (Lipinski definition) is 1. The number of carbonyl (C=O) groups is 1. The van der Waals surface area contributed by atoms with Gasteiger partial charge in [0, 0.05) is 43.5 Å². The predicted octanol–water partition coefficient (Wildman–Crippen LogP) is 3.89. The van der Waals surface area contributed by atoms with E-state index in [2.05, 4.69) is 12.2 Å². The number of fused-ring (bicyclic) bond motifs is 2. The quantitative estimate of drug-likeness (QED) is 0.674. The standard InChI is InChI=1S/C26H32FN3O3S/c1-18(25-16-19-5-6-20(25)15-19)28-26(31)21-3-2-4-24(17-21)34(32,33)30-13-11-29(12-14-30)23-9-7-22(27)8-10-23/h2-4,7-10,17-20,25H,5-6,11-16H2,1H3,(H,28,31)/t18-,19-,20-,25-/m0/s1. The van der Waals surface area contributed by atoms with Gasteiger partial charge in [-0.1, -0.05) is 12.5 Å². The van der Waals surface area contributed by atoms with Crippen molar-refractivity contribution >= 4 is 21.6 Å². The van der Waals surface area contributed by atoms with Crippen LogP contribution in [-0.2, 0) is 10.0 Å². The molecular weight excluding hydrogens is 453 g/mol. The smallest absolute Gasteiger partial charge is 0.251 e. The molecule has 1 heterocycles. The number of anilines is 1. The van der Waals surface area contributed by atoms with Gasteiger partial charge in [-0.2, -0.15) is 4.31 Å². The first-order chi connectivity index (χ1) is 16.3. The molecule has 182 valence electrons. The third kappa shape index (κ3) is 4.58. The van der Waals surface area contributed by atoms with Crippen molar-refractivity contribution in [3.8, 4) is 0 Å². The van der Waals surface area contributed by atoms with Crippen molar-refractivity contribution in [3.63, 3.8) is 0 Å². The number of benzene rings is 2. The number of piperazine rings is 1. The van der Waals surface area contributed by atoms with Crippen molar-refractivity contribution in [2.24, 2.45) is 17.8 Å². The molecule has 2 saturated carbocycles. The summed E-state index contributed by atoms with van der Waals surface area (Å²) in [7, 11) is -3.71. The van der Waals surface area contributed by atoms with Gasteiger partial charge in [0.15, 0.2) is 0 Å². The lowest BCUT2D eigenvalue weighted by molar-refractivity contribution is 0.0915. The van der Waals surface area contributed by atoms with Crippen LogP contribution in [0.1, 0.15) is 43.0 Å². The minimum atomic E-state index is -3.71. The summed E-state index contributed by atoms with van der Waals surface area (Å²) in [5, 5.41) is 3.13. The zero-order chi connectivity index (χ0) is 23.9. The number of sulfonamides is 1. The van der Waals surface area contributed by atoms with Crippen molar-refractivity contribution in [1.29, 1.82) is 0 Å². The van der Waals surface area contributed by atoms with Crippen molar-refractivity contribution in [2.75, 3.05) is 31.1 Å². The molecule has 6 nitrogen and oxygen atoms in total. The average molecular weight is 486 g/mol. The Morgan fingerprint density at radius 2 is 1.76 bits per heavy atom. The molecule has 3 fully saturated rings. The maximum absolute atomic E-state index is 13.3. The summed E-state index contributed by atoms with van der Waals surface area (Å²) in [5.41, 5.74) is 1.25. The fourth-order valence-electron chi connectivity index (χ4n) is 6.09. The van der Waals surface area contributed by atoms with Gasteiger partial charge in [-0.05, 0) is 86.4 Å². The molecule has 4 atom stereocenters. The van der Waals surface area contributed by atoms with Crippen LogP contribution >= 0.6 is 0 Å². The van der Waals surface area contributed by atoms with Crippen LogP contribution in [0.4, 0.5) is 10.1 Å². The first-order valence-electron chi connectivity index (χ1n) is 12.2. The monoisotopic (exact) mass is 485 g/mol. The number of carbonyl (C=O) groups excluding carboxylic acids is 1. The van der Waals surface area contributed by atoms with Crippen LogP contribution in [0.25, 0.3) is 0 Å². The molecule has 0 spiro atoms. The Morgan fingerprint density at radius 1 is 1.03 bits per heavy atom. The van der Waals surface area contributed by atoms with E-state index in [4.69, 9.17) is 0 Å². The normalized spacial score (nSPS) is 25.9. The first kappa shape index (κ1) is 23.3. The molecule has 8 heteroatoms. The zero-order valence-corrected chi connectivity index (χ0v) is 20.3. The third-order valence-electron chi connectivity index (χ3n) is 7.96. The highest BCUT2D eigenvalue weighted by atomic mass is 32.2. The van der Waals surface area contributed by atoms with Crippen molar-refractivity contribution in [1.82, 2.24) is 9.62 Å². The van der Waals surface area contributed by atoms with E-state index in [1.165, 1.54) is 48.2 Å². The number of nitrogens with zero attached hydrogens (tertiary/aromatic N) is 2. The third-order valence-corrected chi connectivity index (χ3v) is 9.85. The van der Waals surface area contributed by atoms with E-state index >= 15 is 0 Å². The lowest BCUT2D eigenvalue weighted by Gasteiger charge is -2.35. The Balaban J connectivity index is 1.23. The second kappa shape index (κ2) is 9.30. The molecular formula is C26H32FN3O3S. The van der Waals surface area contributed by atoms with E-state index in [0.29, 0.717) is 43.6 Å². The minimum Gasteiger partial charge on any atom is -0.369 e. The Kier molecular flexibility index (Phi) is 6.37. The molecule has 0 radical (unpaired) electrons. The maximum Gasteiger partial charge on any atom is 0.251 e. The molecule has 0 aromatic heterocycles. The molecule has 2 aliphatic carbocycles. The van der Waals surface area contributed by atoms with Crippen LogP contribution in [-0.4, -0.2) is 50.9 Å². The molecule has 1 amide bonds. The summed E-state index contributed by atoms with van der Waals surface area (Å²) < 4.78 is 41.2. The van der Waals surface area contributed by atoms with E-state index < -0.39 is 10.0 Å². The summed E-state index contributed by atoms with van der Waals surface area (Å²) >= 11 is 0. The van der Waals surface area contributed by atoms with Crippen LogP contribution in [0.2, 0.25) is 0 Å². The summed E-state index contributed by atoms with van der Waals surface area (Å²) in [4.78, 5) is 15.1. The Morgan fingerprint density at radius 3 is 2.41 bits per heavy atom. The van der Waals surface area contributed by atoms with Crippen LogP contribution < -0.4 is 10.2 Å². The van der Waals surface area contributed by atoms with E-state index in [-0.39, 0.29) is 22.7 Å². The van der Waals surface area contributed by atoms with Gasteiger partial charge in [-0.3, -0.25) is 4.79 Å². The van der Waals surface area contributed by atoms with Gasteiger partial charge in [-0.25, -0.2) is 12.8 Å². The van der Waals surface area contributed by atoms with Crippen molar-refractivity contribution in [2.45, 2.75) is 43.5 Å². The molecule has 3 aliphatic rings. The highest BCUT2D eigenvalue weighted by Gasteiger charge is 2.42. The van der Waals surface area contributed by atoms with Gasteiger partial charge < -0.3 is 10.2 Å². The second-order valence-electron chi connectivity index (χ2n) is 10.00. The van der Waals surface area contributed by atoms with Crippen LogP contribution in [0.5, 0.6) is 0 Å². The molecule has 2 bridgehead atoms. The Bertz CT molecular complexity index is 1150. The predicted molar refractivity (Wildman–Crippen MR) is 130 cm³/mol. The van der Waals surface area contributed by atoms with Gasteiger partial charge in [0.2, 0.25) is 10.0 Å². The second-order valence-corrected chi connectivity index (χ2v) is 11.9. The molecule has 34 heavy (non-hydrogen) atoms. The van der Waals surface area contributed by atoms with Crippen molar-refractivity contribution in [3.05, 3.63) is 59.9 Å².